The molecule has 0 heterocycles. The van der Waals surface area contributed by atoms with Crippen molar-refractivity contribution in [3.63, 3.8) is 0 Å². The predicted octanol–water partition coefficient (Wildman–Crippen LogP) is 4.73. The average molecular weight is 289 g/mol. The summed E-state index contributed by atoms with van der Waals surface area (Å²) in [6, 6.07) is 9.17. The van der Waals surface area contributed by atoms with Gasteiger partial charge in [0, 0.05) is 12.6 Å². The fourth-order valence-corrected chi connectivity index (χ4v) is 3.57. The molecule has 2 heteroatoms. The smallest absolute Gasteiger partial charge is 0.119 e. The summed E-state index contributed by atoms with van der Waals surface area (Å²) in [7, 11) is 4.00. The Morgan fingerprint density at radius 1 is 1.14 bits per heavy atom. The van der Waals surface area contributed by atoms with Crippen LogP contribution in [0.2, 0.25) is 0 Å². The molecule has 0 unspecified atom stereocenters. The van der Waals surface area contributed by atoms with Crippen molar-refractivity contribution in [3.8, 4) is 5.75 Å². The zero-order chi connectivity index (χ0) is 15.5. The number of benzene rings is 1. The van der Waals surface area contributed by atoms with Gasteiger partial charge in [-0.05, 0) is 61.8 Å². The van der Waals surface area contributed by atoms with Crippen LogP contribution in [0, 0.1) is 11.3 Å². The van der Waals surface area contributed by atoms with E-state index in [2.05, 4.69) is 50.9 Å². The van der Waals surface area contributed by atoms with Crippen LogP contribution in [0.15, 0.2) is 24.3 Å². The summed E-state index contributed by atoms with van der Waals surface area (Å²) in [5, 5.41) is 0. The molecule has 1 aliphatic rings. The van der Waals surface area contributed by atoms with Crippen molar-refractivity contribution in [3.05, 3.63) is 29.8 Å². The van der Waals surface area contributed by atoms with Gasteiger partial charge in [0.05, 0.1) is 7.11 Å². The second-order valence-electron chi connectivity index (χ2n) is 7.64. The molecule has 0 N–H and O–H groups in total. The van der Waals surface area contributed by atoms with E-state index in [4.69, 9.17) is 4.74 Å². The van der Waals surface area contributed by atoms with Crippen LogP contribution < -0.4 is 4.74 Å². The van der Waals surface area contributed by atoms with E-state index >= 15 is 0 Å². The molecule has 0 bridgehead atoms. The Bertz CT molecular complexity index is 441. The molecule has 2 rings (SSSR count). The summed E-state index contributed by atoms with van der Waals surface area (Å²) in [5.41, 5.74) is 1.81. The molecule has 118 valence electrons. The van der Waals surface area contributed by atoms with Crippen LogP contribution in [0.1, 0.15) is 52.0 Å². The molecule has 0 aliphatic heterocycles. The van der Waals surface area contributed by atoms with E-state index in [1.54, 1.807) is 7.11 Å². The third-order valence-corrected chi connectivity index (χ3v) is 5.11. The Balaban J connectivity index is 1.88. The summed E-state index contributed by atoms with van der Waals surface area (Å²) < 4.78 is 5.31. The van der Waals surface area contributed by atoms with Gasteiger partial charge >= 0.3 is 0 Å². The number of nitrogens with zero attached hydrogens (tertiary/aromatic N) is 1. The van der Waals surface area contributed by atoms with E-state index in [1.807, 2.05) is 6.07 Å². The van der Waals surface area contributed by atoms with Crippen molar-refractivity contribution in [2.24, 2.45) is 11.3 Å². The molecule has 1 fully saturated rings. The summed E-state index contributed by atoms with van der Waals surface area (Å²) in [6.07, 6.45) is 5.41. The van der Waals surface area contributed by atoms with Gasteiger partial charge in [-0.25, -0.2) is 0 Å². The van der Waals surface area contributed by atoms with Crippen molar-refractivity contribution in [2.75, 3.05) is 14.2 Å². The van der Waals surface area contributed by atoms with Gasteiger partial charge in [-0.3, -0.25) is 4.90 Å². The van der Waals surface area contributed by atoms with Crippen LogP contribution in [0.25, 0.3) is 0 Å². The molecule has 1 aromatic rings. The number of hydrogen-bond acceptors (Lipinski definition) is 2. The standard InChI is InChI=1S/C19H31NO/c1-19(2,3)16-9-11-17(12-10-16)20(4)14-15-7-6-8-18(13-15)21-5/h6-8,13,16-17H,9-12,14H2,1-5H3/t16-,17+. The van der Waals surface area contributed by atoms with Gasteiger partial charge in [0.1, 0.15) is 5.75 Å². The van der Waals surface area contributed by atoms with E-state index in [0.29, 0.717) is 5.41 Å². The molecule has 2 nitrogen and oxygen atoms in total. The zero-order valence-electron chi connectivity index (χ0n) is 14.4. The molecule has 0 amide bonds. The van der Waals surface area contributed by atoms with Crippen molar-refractivity contribution < 1.29 is 4.74 Å². The van der Waals surface area contributed by atoms with Crippen LogP contribution in [-0.2, 0) is 6.54 Å². The Morgan fingerprint density at radius 3 is 2.38 bits per heavy atom. The van der Waals surface area contributed by atoms with Gasteiger partial charge in [0.2, 0.25) is 0 Å². The molecular formula is C19H31NO. The minimum Gasteiger partial charge on any atom is -0.497 e. The average Bonchev–Trinajstić information content (AvgIpc) is 2.46. The summed E-state index contributed by atoms with van der Waals surface area (Å²) in [6.45, 7) is 8.18. The fraction of sp³-hybridized carbons (Fsp3) is 0.684. The first-order valence-corrected chi connectivity index (χ1v) is 8.23. The Morgan fingerprint density at radius 2 is 1.81 bits per heavy atom. The lowest BCUT2D eigenvalue weighted by atomic mass is 9.71. The minimum atomic E-state index is 0.469. The molecule has 0 radical (unpaired) electrons. The Kier molecular flexibility index (Phi) is 5.32. The third kappa shape index (κ3) is 4.47. The number of methoxy groups -OCH3 is 1. The Labute approximate surface area is 130 Å². The van der Waals surface area contributed by atoms with Gasteiger partial charge in [-0.15, -0.1) is 0 Å². The van der Waals surface area contributed by atoms with Crippen LogP contribution in [-0.4, -0.2) is 25.1 Å². The highest BCUT2D eigenvalue weighted by atomic mass is 16.5. The lowest BCUT2D eigenvalue weighted by Crippen LogP contribution is -2.37. The summed E-state index contributed by atoms with van der Waals surface area (Å²) >= 11 is 0. The second kappa shape index (κ2) is 6.83. The van der Waals surface area contributed by atoms with E-state index in [-0.39, 0.29) is 0 Å². The largest absolute Gasteiger partial charge is 0.497 e. The molecule has 0 atom stereocenters. The molecule has 0 spiro atoms. The van der Waals surface area contributed by atoms with Gasteiger partial charge in [0.25, 0.3) is 0 Å². The second-order valence-corrected chi connectivity index (χ2v) is 7.64. The van der Waals surface area contributed by atoms with Crippen LogP contribution in [0.5, 0.6) is 5.75 Å². The highest BCUT2D eigenvalue weighted by Crippen LogP contribution is 2.39. The van der Waals surface area contributed by atoms with E-state index in [1.165, 1.54) is 31.2 Å². The lowest BCUT2D eigenvalue weighted by Gasteiger charge is -2.40. The molecular weight excluding hydrogens is 258 g/mol. The van der Waals surface area contributed by atoms with Crippen molar-refractivity contribution >= 4 is 0 Å². The molecule has 0 saturated heterocycles. The number of hydrogen-bond donors (Lipinski definition) is 0. The fourth-order valence-electron chi connectivity index (χ4n) is 3.57. The summed E-state index contributed by atoms with van der Waals surface area (Å²) in [4.78, 5) is 2.52. The maximum Gasteiger partial charge on any atom is 0.119 e. The lowest BCUT2D eigenvalue weighted by molar-refractivity contribution is 0.107. The van der Waals surface area contributed by atoms with Crippen LogP contribution in [0.3, 0.4) is 0 Å². The minimum absolute atomic E-state index is 0.469. The quantitative estimate of drug-likeness (QED) is 0.794. The summed E-state index contributed by atoms with van der Waals surface area (Å²) in [5.74, 6) is 1.84. The highest BCUT2D eigenvalue weighted by molar-refractivity contribution is 5.28. The predicted molar refractivity (Wildman–Crippen MR) is 89.7 cm³/mol. The molecule has 0 aromatic heterocycles. The van der Waals surface area contributed by atoms with Gasteiger partial charge in [-0.1, -0.05) is 32.9 Å². The van der Waals surface area contributed by atoms with E-state index in [9.17, 15) is 0 Å². The van der Waals surface area contributed by atoms with Crippen molar-refractivity contribution in [2.45, 2.75) is 59.0 Å². The first-order chi connectivity index (χ1) is 9.90. The topological polar surface area (TPSA) is 12.5 Å². The number of rotatable bonds is 4. The van der Waals surface area contributed by atoms with E-state index < -0.39 is 0 Å². The monoisotopic (exact) mass is 289 g/mol. The maximum absolute atomic E-state index is 5.31. The zero-order valence-corrected chi connectivity index (χ0v) is 14.4. The third-order valence-electron chi connectivity index (χ3n) is 5.11. The van der Waals surface area contributed by atoms with Gasteiger partial charge in [-0.2, -0.15) is 0 Å². The molecule has 1 aromatic carbocycles. The van der Waals surface area contributed by atoms with Gasteiger partial charge in [0.15, 0.2) is 0 Å². The molecule has 1 aliphatic carbocycles. The van der Waals surface area contributed by atoms with Crippen LogP contribution >= 0.6 is 0 Å². The van der Waals surface area contributed by atoms with Crippen molar-refractivity contribution in [1.82, 2.24) is 4.90 Å². The number of ether oxygens (including phenoxy) is 1. The molecule has 21 heavy (non-hydrogen) atoms. The SMILES string of the molecule is COc1cccc(CN(C)[C@H]2CC[C@@H](C(C)(C)C)CC2)c1. The van der Waals surface area contributed by atoms with Crippen molar-refractivity contribution in [1.29, 1.82) is 0 Å². The maximum atomic E-state index is 5.31. The first kappa shape index (κ1) is 16.4. The van der Waals surface area contributed by atoms with Gasteiger partial charge < -0.3 is 4.74 Å². The Hall–Kier alpha value is -1.02. The molecule has 1 saturated carbocycles. The van der Waals surface area contributed by atoms with Crippen LogP contribution in [0.4, 0.5) is 0 Å². The normalized spacial score (nSPS) is 23.3. The van der Waals surface area contributed by atoms with E-state index in [0.717, 1.165) is 24.3 Å². The first-order valence-electron chi connectivity index (χ1n) is 8.23. The highest BCUT2D eigenvalue weighted by Gasteiger charge is 2.30.